The van der Waals surface area contributed by atoms with Crippen LogP contribution in [-0.4, -0.2) is 11.7 Å². The Morgan fingerprint density at radius 1 is 1.11 bits per heavy atom. The van der Waals surface area contributed by atoms with Crippen LogP contribution in [0.15, 0.2) is 54.1 Å². The van der Waals surface area contributed by atoms with E-state index in [1.165, 1.54) is 0 Å². The third-order valence-corrected chi connectivity index (χ3v) is 3.43. The number of hydrogen-bond donors (Lipinski definition) is 1. The smallest absolute Gasteiger partial charge is 0.125 e. The van der Waals surface area contributed by atoms with Gasteiger partial charge in [0, 0.05) is 16.2 Å². The zero-order chi connectivity index (χ0) is 13.2. The summed E-state index contributed by atoms with van der Waals surface area (Å²) in [7, 11) is 0. The highest BCUT2D eigenvalue weighted by Crippen LogP contribution is 2.35. The average molecular weight is 273 g/mol. The summed E-state index contributed by atoms with van der Waals surface area (Å²) in [4.78, 5) is 0. The van der Waals surface area contributed by atoms with Crippen LogP contribution in [0.25, 0.3) is 6.08 Å². The zero-order valence-electron chi connectivity index (χ0n) is 10.2. The fourth-order valence-corrected chi connectivity index (χ4v) is 2.30. The molecular weight excluding hydrogens is 260 g/mol. The van der Waals surface area contributed by atoms with Crippen LogP contribution in [0.4, 0.5) is 0 Å². The molecule has 0 saturated heterocycles. The van der Waals surface area contributed by atoms with Crippen LogP contribution in [0.2, 0.25) is 5.02 Å². The van der Waals surface area contributed by atoms with Crippen molar-refractivity contribution < 1.29 is 9.84 Å². The molecule has 0 saturated carbocycles. The van der Waals surface area contributed by atoms with E-state index >= 15 is 0 Å². The maximum absolute atomic E-state index is 10.4. The van der Waals surface area contributed by atoms with E-state index in [9.17, 15) is 5.11 Å². The first kappa shape index (κ1) is 12.3. The molecule has 1 aliphatic rings. The third kappa shape index (κ3) is 2.50. The molecule has 0 amide bonds. The highest BCUT2D eigenvalue weighted by molar-refractivity contribution is 6.30. The van der Waals surface area contributed by atoms with Crippen LogP contribution in [0, 0.1) is 0 Å². The summed E-state index contributed by atoms with van der Waals surface area (Å²) >= 11 is 5.86. The van der Waals surface area contributed by atoms with E-state index in [4.69, 9.17) is 16.3 Å². The van der Waals surface area contributed by atoms with Gasteiger partial charge in [0.1, 0.15) is 18.5 Å². The molecule has 3 heteroatoms. The number of para-hydroxylation sites is 1. The van der Waals surface area contributed by atoms with Gasteiger partial charge in [0.05, 0.1) is 0 Å². The van der Waals surface area contributed by atoms with Crippen molar-refractivity contribution in [3.8, 4) is 5.75 Å². The number of benzene rings is 2. The fourth-order valence-electron chi connectivity index (χ4n) is 2.17. The largest absolute Gasteiger partial charge is 0.489 e. The van der Waals surface area contributed by atoms with Crippen LogP contribution in [-0.2, 0) is 0 Å². The summed E-state index contributed by atoms with van der Waals surface area (Å²) in [5.41, 5.74) is 2.66. The van der Waals surface area contributed by atoms with Gasteiger partial charge in [0.2, 0.25) is 0 Å². The van der Waals surface area contributed by atoms with Crippen LogP contribution in [0.3, 0.4) is 0 Å². The van der Waals surface area contributed by atoms with Gasteiger partial charge in [-0.05, 0) is 29.8 Å². The van der Waals surface area contributed by atoms with Crippen molar-refractivity contribution in [1.29, 1.82) is 0 Å². The van der Waals surface area contributed by atoms with Gasteiger partial charge in [-0.25, -0.2) is 0 Å². The first-order valence-corrected chi connectivity index (χ1v) is 6.47. The number of fused-ring (bicyclic) bond motifs is 1. The van der Waals surface area contributed by atoms with Crippen LogP contribution in [0.5, 0.6) is 5.75 Å². The minimum absolute atomic E-state index is 0.404. The Labute approximate surface area is 116 Å². The maximum Gasteiger partial charge on any atom is 0.125 e. The van der Waals surface area contributed by atoms with Crippen molar-refractivity contribution >= 4 is 17.7 Å². The van der Waals surface area contributed by atoms with Gasteiger partial charge in [-0.3, -0.25) is 0 Å². The minimum Gasteiger partial charge on any atom is -0.489 e. The second-order valence-corrected chi connectivity index (χ2v) is 4.94. The summed E-state index contributed by atoms with van der Waals surface area (Å²) in [6, 6.07) is 15.1. The molecule has 1 heterocycles. The highest BCUT2D eigenvalue weighted by atomic mass is 35.5. The number of aliphatic hydroxyl groups excluding tert-OH is 1. The van der Waals surface area contributed by atoms with E-state index in [2.05, 4.69) is 0 Å². The molecule has 0 bridgehead atoms. The zero-order valence-corrected chi connectivity index (χ0v) is 11.0. The Morgan fingerprint density at radius 2 is 1.84 bits per heavy atom. The lowest BCUT2D eigenvalue weighted by Gasteiger charge is -2.25. The summed E-state index contributed by atoms with van der Waals surface area (Å²) in [6.45, 7) is 0.404. The Kier molecular flexibility index (Phi) is 3.28. The number of hydrogen-bond acceptors (Lipinski definition) is 2. The summed E-state index contributed by atoms with van der Waals surface area (Å²) in [5, 5.41) is 11.1. The Balaban J connectivity index is 1.93. The van der Waals surface area contributed by atoms with E-state index < -0.39 is 6.10 Å². The molecule has 2 aromatic carbocycles. The van der Waals surface area contributed by atoms with Gasteiger partial charge in [-0.1, -0.05) is 41.9 Å². The monoisotopic (exact) mass is 272 g/mol. The second-order valence-electron chi connectivity index (χ2n) is 4.50. The number of aliphatic hydroxyl groups is 1. The van der Waals surface area contributed by atoms with Crippen LogP contribution in [0.1, 0.15) is 17.2 Å². The molecule has 3 rings (SSSR count). The predicted octanol–water partition coefficient (Wildman–Crippen LogP) is 3.85. The molecule has 0 fully saturated rings. The lowest BCUT2D eigenvalue weighted by atomic mass is 9.97. The van der Waals surface area contributed by atoms with Crippen molar-refractivity contribution in [3.05, 3.63) is 70.3 Å². The first-order chi connectivity index (χ1) is 9.24. The van der Waals surface area contributed by atoms with E-state index in [0.717, 1.165) is 22.4 Å². The van der Waals surface area contributed by atoms with Gasteiger partial charge in [-0.2, -0.15) is 0 Å². The molecule has 0 aromatic heterocycles. The molecule has 0 aliphatic carbocycles. The summed E-state index contributed by atoms with van der Waals surface area (Å²) in [5.74, 6) is 0.753. The van der Waals surface area contributed by atoms with Crippen molar-refractivity contribution in [2.45, 2.75) is 6.10 Å². The molecule has 0 spiro atoms. The van der Waals surface area contributed by atoms with E-state index in [-0.39, 0.29) is 0 Å². The van der Waals surface area contributed by atoms with Gasteiger partial charge in [-0.15, -0.1) is 0 Å². The molecule has 1 N–H and O–H groups in total. The van der Waals surface area contributed by atoms with E-state index in [0.29, 0.717) is 11.6 Å². The second kappa shape index (κ2) is 5.08. The molecule has 2 nitrogen and oxygen atoms in total. The number of halogens is 1. The van der Waals surface area contributed by atoms with Crippen LogP contribution >= 0.6 is 11.6 Å². The van der Waals surface area contributed by atoms with Crippen molar-refractivity contribution in [2.75, 3.05) is 6.61 Å². The van der Waals surface area contributed by atoms with E-state index in [1.807, 2.05) is 54.6 Å². The molecule has 1 unspecified atom stereocenters. The molecule has 96 valence electrons. The topological polar surface area (TPSA) is 29.5 Å². The molecule has 19 heavy (non-hydrogen) atoms. The van der Waals surface area contributed by atoms with Crippen molar-refractivity contribution in [2.24, 2.45) is 0 Å². The third-order valence-electron chi connectivity index (χ3n) is 3.18. The minimum atomic E-state index is -0.611. The number of ether oxygens (including phenoxy) is 1. The SMILES string of the molecule is OC1/C(=C/c2ccc(Cl)cc2)COc2ccccc21. The quantitative estimate of drug-likeness (QED) is 0.854. The van der Waals surface area contributed by atoms with Gasteiger partial charge in [0.25, 0.3) is 0 Å². The van der Waals surface area contributed by atoms with Crippen LogP contribution < -0.4 is 4.74 Å². The molecule has 1 atom stereocenters. The van der Waals surface area contributed by atoms with Crippen molar-refractivity contribution in [1.82, 2.24) is 0 Å². The lowest BCUT2D eigenvalue weighted by Crippen LogP contribution is -2.17. The lowest BCUT2D eigenvalue weighted by molar-refractivity contribution is 0.172. The Morgan fingerprint density at radius 3 is 2.63 bits per heavy atom. The maximum atomic E-state index is 10.4. The standard InChI is InChI=1S/C16H13ClO2/c17-13-7-5-11(6-8-13)9-12-10-19-15-4-2-1-3-14(15)16(12)18/h1-9,16,18H,10H2/b12-9+. The van der Waals surface area contributed by atoms with Gasteiger partial charge < -0.3 is 9.84 Å². The summed E-state index contributed by atoms with van der Waals surface area (Å²) < 4.78 is 5.65. The molecule has 2 aromatic rings. The summed E-state index contributed by atoms with van der Waals surface area (Å²) in [6.07, 6.45) is 1.33. The molecule has 0 radical (unpaired) electrons. The number of rotatable bonds is 1. The van der Waals surface area contributed by atoms with Crippen molar-refractivity contribution in [3.63, 3.8) is 0 Å². The van der Waals surface area contributed by atoms with Gasteiger partial charge >= 0.3 is 0 Å². The fraction of sp³-hybridized carbons (Fsp3) is 0.125. The van der Waals surface area contributed by atoms with E-state index in [1.54, 1.807) is 0 Å². The molecular formula is C16H13ClO2. The first-order valence-electron chi connectivity index (χ1n) is 6.10. The van der Waals surface area contributed by atoms with Gasteiger partial charge in [0.15, 0.2) is 0 Å². The molecule has 1 aliphatic heterocycles. The Hall–Kier alpha value is -1.77. The Bertz CT molecular complexity index is 617. The predicted molar refractivity (Wildman–Crippen MR) is 76.3 cm³/mol. The normalized spacial score (nSPS) is 19.9. The highest BCUT2D eigenvalue weighted by Gasteiger charge is 2.23. The average Bonchev–Trinajstić information content (AvgIpc) is 2.45.